The van der Waals surface area contributed by atoms with E-state index >= 15 is 0 Å². The molecule has 1 atom stereocenters. The van der Waals surface area contributed by atoms with E-state index in [1.165, 1.54) is 12.8 Å². The van der Waals surface area contributed by atoms with Crippen LogP contribution in [0.3, 0.4) is 0 Å². The normalized spacial score (nSPS) is 18.4. The van der Waals surface area contributed by atoms with E-state index in [2.05, 4.69) is 22.2 Å². The number of benzene rings is 1. The van der Waals surface area contributed by atoms with E-state index in [9.17, 15) is 9.59 Å². The molecule has 0 unspecified atom stereocenters. The number of aromatic nitrogens is 2. The van der Waals surface area contributed by atoms with Gasteiger partial charge >= 0.3 is 0 Å². The monoisotopic (exact) mass is 342 g/mol. The number of hydrogen-bond acceptors (Lipinski definition) is 4. The highest BCUT2D eigenvalue weighted by Gasteiger charge is 2.17. The number of aryl methyl sites for hydroxylation is 1. The van der Waals surface area contributed by atoms with Crippen LogP contribution in [-0.4, -0.2) is 46.8 Å². The van der Waals surface area contributed by atoms with Crippen LogP contribution in [0.4, 0.5) is 0 Å². The molecule has 1 fully saturated rings. The highest BCUT2D eigenvalue weighted by atomic mass is 16.2. The van der Waals surface area contributed by atoms with Gasteiger partial charge in [-0.3, -0.25) is 14.3 Å². The van der Waals surface area contributed by atoms with Crippen molar-refractivity contribution in [1.82, 2.24) is 20.0 Å². The number of amides is 1. The molecule has 3 rings (SSSR count). The predicted octanol–water partition coefficient (Wildman–Crippen LogP) is 1.79. The molecule has 0 aliphatic carbocycles. The Balaban J connectivity index is 1.59. The van der Waals surface area contributed by atoms with Crippen molar-refractivity contribution in [2.45, 2.75) is 26.2 Å². The third-order valence-corrected chi connectivity index (χ3v) is 4.86. The number of likely N-dealkylation sites (tertiary alicyclic amines) is 1. The number of nitrogens with one attached hydrogen (secondary N) is 1. The summed E-state index contributed by atoms with van der Waals surface area (Å²) in [6, 6.07) is 7.20. The summed E-state index contributed by atoms with van der Waals surface area (Å²) >= 11 is 0. The Bertz CT molecular complexity index is 815. The van der Waals surface area contributed by atoms with Crippen LogP contribution in [0.25, 0.3) is 10.9 Å². The van der Waals surface area contributed by atoms with Gasteiger partial charge in [-0.2, -0.15) is 5.10 Å². The zero-order chi connectivity index (χ0) is 17.8. The lowest BCUT2D eigenvalue weighted by Crippen LogP contribution is -2.37. The van der Waals surface area contributed by atoms with Crippen molar-refractivity contribution in [3.8, 4) is 0 Å². The maximum atomic E-state index is 12.5. The number of carbonyl (C=O) groups excluding carboxylic acids is 1. The van der Waals surface area contributed by atoms with Crippen molar-refractivity contribution in [3.05, 3.63) is 40.2 Å². The summed E-state index contributed by atoms with van der Waals surface area (Å²) in [7, 11) is 1.75. The Morgan fingerprint density at radius 2 is 2.16 bits per heavy atom. The first-order chi connectivity index (χ1) is 12.1. The van der Waals surface area contributed by atoms with E-state index in [0.29, 0.717) is 11.9 Å². The van der Waals surface area contributed by atoms with E-state index in [4.69, 9.17) is 0 Å². The molecule has 6 nitrogen and oxygen atoms in total. The van der Waals surface area contributed by atoms with Crippen LogP contribution in [0, 0.1) is 5.92 Å². The molecule has 25 heavy (non-hydrogen) atoms. The first kappa shape index (κ1) is 17.6. The minimum Gasteiger partial charge on any atom is -0.350 e. The second-order valence-electron chi connectivity index (χ2n) is 6.98. The van der Waals surface area contributed by atoms with E-state index in [1.54, 1.807) is 23.9 Å². The molecular formula is C19H26N4O2. The third-order valence-electron chi connectivity index (χ3n) is 4.86. The fraction of sp³-hybridized carbons (Fsp3) is 0.526. The number of hydrogen-bond donors (Lipinski definition) is 1. The largest absolute Gasteiger partial charge is 0.350 e. The van der Waals surface area contributed by atoms with Crippen molar-refractivity contribution < 1.29 is 4.79 Å². The molecule has 1 aliphatic heterocycles. The van der Waals surface area contributed by atoms with Gasteiger partial charge in [0.2, 0.25) is 5.43 Å². The number of para-hydroxylation sites is 1. The third kappa shape index (κ3) is 4.07. The van der Waals surface area contributed by atoms with Crippen LogP contribution < -0.4 is 10.7 Å². The highest BCUT2D eigenvalue weighted by molar-refractivity contribution is 5.95. The molecule has 1 aliphatic rings. The second kappa shape index (κ2) is 7.78. The van der Waals surface area contributed by atoms with Gasteiger partial charge in [0.25, 0.3) is 5.91 Å². The van der Waals surface area contributed by atoms with Crippen LogP contribution in [0.5, 0.6) is 0 Å². The Hall–Kier alpha value is -2.21. The Morgan fingerprint density at radius 3 is 2.96 bits per heavy atom. The smallest absolute Gasteiger partial charge is 0.275 e. The van der Waals surface area contributed by atoms with Gasteiger partial charge in [-0.25, -0.2) is 0 Å². The summed E-state index contributed by atoms with van der Waals surface area (Å²) < 4.78 is 1.58. The van der Waals surface area contributed by atoms with E-state index in [1.807, 2.05) is 12.1 Å². The minimum absolute atomic E-state index is 0.0344. The molecule has 0 radical (unpaired) electrons. The average molecular weight is 342 g/mol. The van der Waals surface area contributed by atoms with Crippen LogP contribution in [0.1, 0.15) is 36.7 Å². The summed E-state index contributed by atoms with van der Waals surface area (Å²) in [4.78, 5) is 27.3. The topological polar surface area (TPSA) is 67.2 Å². The molecule has 2 aromatic rings. The molecule has 0 saturated carbocycles. The minimum atomic E-state index is -0.390. The molecule has 2 heterocycles. The van der Waals surface area contributed by atoms with Crippen molar-refractivity contribution in [2.24, 2.45) is 13.0 Å². The first-order valence-electron chi connectivity index (χ1n) is 9.03. The van der Waals surface area contributed by atoms with Gasteiger partial charge in [-0.15, -0.1) is 0 Å². The Morgan fingerprint density at radius 1 is 1.36 bits per heavy atom. The molecule has 134 valence electrons. The number of piperidine rings is 1. The second-order valence-corrected chi connectivity index (χ2v) is 6.98. The lowest BCUT2D eigenvalue weighted by Gasteiger charge is -2.30. The van der Waals surface area contributed by atoms with E-state index < -0.39 is 5.91 Å². The van der Waals surface area contributed by atoms with Crippen molar-refractivity contribution >= 4 is 16.8 Å². The zero-order valence-corrected chi connectivity index (χ0v) is 15.0. The van der Waals surface area contributed by atoms with Gasteiger partial charge in [-0.05, 0) is 50.4 Å². The number of rotatable bonds is 5. The average Bonchev–Trinajstić information content (AvgIpc) is 2.62. The van der Waals surface area contributed by atoms with Crippen LogP contribution in [0.2, 0.25) is 0 Å². The summed E-state index contributed by atoms with van der Waals surface area (Å²) in [5, 5.41) is 7.52. The molecule has 1 amide bonds. The van der Waals surface area contributed by atoms with Crippen LogP contribution in [-0.2, 0) is 7.05 Å². The summed E-state index contributed by atoms with van der Waals surface area (Å²) in [6.45, 7) is 6.11. The molecule has 1 N–H and O–H groups in total. The van der Waals surface area contributed by atoms with Crippen LogP contribution >= 0.6 is 0 Å². The Labute approximate surface area is 147 Å². The van der Waals surface area contributed by atoms with E-state index in [-0.39, 0.29) is 11.1 Å². The quantitative estimate of drug-likeness (QED) is 0.841. The molecular weight excluding hydrogens is 316 g/mol. The molecule has 0 spiro atoms. The first-order valence-corrected chi connectivity index (χ1v) is 9.03. The lowest BCUT2D eigenvalue weighted by atomic mass is 10.0. The summed E-state index contributed by atoms with van der Waals surface area (Å²) in [6.07, 6.45) is 3.45. The van der Waals surface area contributed by atoms with E-state index in [0.717, 1.165) is 37.5 Å². The van der Waals surface area contributed by atoms with Gasteiger partial charge in [-0.1, -0.05) is 19.1 Å². The summed E-state index contributed by atoms with van der Waals surface area (Å²) in [5.41, 5.74) is 0.382. The van der Waals surface area contributed by atoms with Crippen molar-refractivity contribution in [3.63, 3.8) is 0 Å². The SMILES string of the molecule is C[C@@H]1CCCN(CCCNC(=O)c2nn(C)c3ccccc3c2=O)C1. The highest BCUT2D eigenvalue weighted by Crippen LogP contribution is 2.15. The maximum absolute atomic E-state index is 12.5. The molecule has 1 aromatic heterocycles. The van der Waals surface area contributed by atoms with Gasteiger partial charge in [0, 0.05) is 25.5 Å². The zero-order valence-electron chi connectivity index (χ0n) is 15.0. The van der Waals surface area contributed by atoms with Gasteiger partial charge in [0.15, 0.2) is 5.69 Å². The standard InChI is InChI=1S/C19H26N4O2/c1-14-7-5-11-23(13-14)12-6-10-20-19(25)17-18(24)15-8-3-4-9-16(15)22(2)21-17/h3-4,8-9,14H,5-7,10-13H2,1-2H3,(H,20,25)/t14-/m1/s1. The fourth-order valence-electron chi connectivity index (χ4n) is 3.55. The van der Waals surface area contributed by atoms with Gasteiger partial charge < -0.3 is 10.2 Å². The predicted molar refractivity (Wildman–Crippen MR) is 98.8 cm³/mol. The maximum Gasteiger partial charge on any atom is 0.275 e. The molecule has 1 aromatic carbocycles. The van der Waals surface area contributed by atoms with Gasteiger partial charge in [0.1, 0.15) is 0 Å². The van der Waals surface area contributed by atoms with Crippen LogP contribution in [0.15, 0.2) is 29.1 Å². The molecule has 1 saturated heterocycles. The number of carbonyl (C=O) groups is 1. The summed E-state index contributed by atoms with van der Waals surface area (Å²) in [5.74, 6) is 0.367. The lowest BCUT2D eigenvalue weighted by molar-refractivity contribution is 0.0942. The molecule has 6 heteroatoms. The van der Waals surface area contributed by atoms with Crippen molar-refractivity contribution in [2.75, 3.05) is 26.2 Å². The number of fused-ring (bicyclic) bond motifs is 1. The fourth-order valence-corrected chi connectivity index (χ4v) is 3.55. The number of nitrogens with zero attached hydrogens (tertiary/aromatic N) is 3. The van der Waals surface area contributed by atoms with Gasteiger partial charge in [0.05, 0.1) is 5.52 Å². The molecule has 0 bridgehead atoms. The van der Waals surface area contributed by atoms with Crippen molar-refractivity contribution in [1.29, 1.82) is 0 Å². The Kier molecular flexibility index (Phi) is 5.48.